The molecular formula is C19H29N5O. The highest BCUT2D eigenvalue weighted by Crippen LogP contribution is 2.13. The Kier molecular flexibility index (Phi) is 7.82. The zero-order valence-electron chi connectivity index (χ0n) is 15.4. The van der Waals surface area contributed by atoms with E-state index in [9.17, 15) is 0 Å². The predicted molar refractivity (Wildman–Crippen MR) is 102 cm³/mol. The molecule has 6 nitrogen and oxygen atoms in total. The number of aryl methyl sites for hydroxylation is 1. The third-order valence-electron chi connectivity index (χ3n) is 3.64. The Morgan fingerprint density at radius 2 is 1.96 bits per heavy atom. The number of ether oxygens (including phenoxy) is 1. The number of guanidine groups is 1. The average molecular weight is 343 g/mol. The van der Waals surface area contributed by atoms with Crippen LogP contribution in [0, 0.1) is 0 Å². The first kappa shape index (κ1) is 18.8. The zero-order chi connectivity index (χ0) is 17.9. The second-order valence-electron chi connectivity index (χ2n) is 6.11. The maximum absolute atomic E-state index is 5.66. The van der Waals surface area contributed by atoms with Crippen molar-refractivity contribution in [1.29, 1.82) is 0 Å². The molecule has 0 radical (unpaired) electrons. The van der Waals surface area contributed by atoms with Gasteiger partial charge in [-0.1, -0.05) is 12.1 Å². The lowest BCUT2D eigenvalue weighted by Crippen LogP contribution is -2.39. The topological polar surface area (TPSA) is 63.5 Å². The van der Waals surface area contributed by atoms with Crippen LogP contribution >= 0.6 is 0 Å². The first-order valence-corrected chi connectivity index (χ1v) is 8.85. The predicted octanol–water partition coefficient (Wildman–Crippen LogP) is 2.47. The number of hydrogen-bond acceptors (Lipinski definition) is 3. The molecule has 0 saturated carbocycles. The van der Waals surface area contributed by atoms with Gasteiger partial charge in [0.15, 0.2) is 5.96 Å². The Balaban J connectivity index is 1.63. The fraction of sp³-hybridized carbons (Fsp3) is 0.474. The first-order valence-electron chi connectivity index (χ1n) is 8.85. The summed E-state index contributed by atoms with van der Waals surface area (Å²) in [5.41, 5.74) is 1.28. The molecule has 0 fully saturated rings. The van der Waals surface area contributed by atoms with E-state index in [1.807, 2.05) is 42.9 Å². The highest BCUT2D eigenvalue weighted by atomic mass is 16.5. The molecule has 0 aliphatic carbocycles. The average Bonchev–Trinajstić information content (AvgIpc) is 3.11. The minimum Gasteiger partial charge on any atom is -0.491 e. The molecule has 2 aromatic rings. The highest BCUT2D eigenvalue weighted by molar-refractivity contribution is 5.79. The molecule has 0 bridgehead atoms. The van der Waals surface area contributed by atoms with Crippen LogP contribution < -0.4 is 15.4 Å². The maximum atomic E-state index is 5.66. The molecule has 6 heteroatoms. The van der Waals surface area contributed by atoms with E-state index in [1.165, 1.54) is 5.56 Å². The van der Waals surface area contributed by atoms with Gasteiger partial charge in [0.05, 0.1) is 6.10 Å². The molecule has 1 aromatic carbocycles. The Hall–Kier alpha value is -2.50. The largest absolute Gasteiger partial charge is 0.491 e. The molecule has 25 heavy (non-hydrogen) atoms. The summed E-state index contributed by atoms with van der Waals surface area (Å²) in [7, 11) is 1.79. The molecule has 2 rings (SSSR count). The van der Waals surface area contributed by atoms with Gasteiger partial charge in [-0.2, -0.15) is 5.10 Å². The molecule has 0 spiro atoms. The van der Waals surface area contributed by atoms with Crippen molar-refractivity contribution in [3.05, 3.63) is 48.3 Å². The molecule has 0 amide bonds. The smallest absolute Gasteiger partial charge is 0.190 e. The normalized spacial score (nSPS) is 11.6. The van der Waals surface area contributed by atoms with Crippen molar-refractivity contribution in [1.82, 2.24) is 20.4 Å². The van der Waals surface area contributed by atoms with Crippen molar-refractivity contribution < 1.29 is 4.74 Å². The van der Waals surface area contributed by atoms with Gasteiger partial charge >= 0.3 is 0 Å². The maximum Gasteiger partial charge on any atom is 0.190 e. The molecule has 136 valence electrons. The summed E-state index contributed by atoms with van der Waals surface area (Å²) in [4.78, 5) is 4.25. The van der Waals surface area contributed by atoms with Crippen LogP contribution in [0.2, 0.25) is 0 Å². The SMILES string of the molecule is CN=C(NCCCn1cccn1)NCCc1ccc(OC(C)C)cc1. The fourth-order valence-electron chi connectivity index (χ4n) is 2.43. The van der Waals surface area contributed by atoms with Crippen LogP contribution in [0.5, 0.6) is 5.75 Å². The summed E-state index contributed by atoms with van der Waals surface area (Å²) < 4.78 is 7.60. The van der Waals surface area contributed by atoms with Gasteiger partial charge in [0.2, 0.25) is 0 Å². The van der Waals surface area contributed by atoms with E-state index < -0.39 is 0 Å². The van der Waals surface area contributed by atoms with Crippen molar-refractivity contribution >= 4 is 5.96 Å². The van der Waals surface area contributed by atoms with E-state index >= 15 is 0 Å². The standard InChI is InChI=1S/C19H29N5O/c1-16(2)25-18-8-6-17(7-9-18)10-13-22-19(20-3)21-11-4-14-24-15-5-12-23-24/h5-9,12,15-16H,4,10-11,13-14H2,1-3H3,(H2,20,21,22). The number of aromatic nitrogens is 2. The van der Waals surface area contributed by atoms with E-state index in [0.717, 1.165) is 44.2 Å². The number of rotatable bonds is 9. The summed E-state index contributed by atoms with van der Waals surface area (Å²) in [6, 6.07) is 10.2. The summed E-state index contributed by atoms with van der Waals surface area (Å²) in [6.45, 7) is 6.67. The quantitative estimate of drug-likeness (QED) is 0.417. The number of nitrogens with one attached hydrogen (secondary N) is 2. The van der Waals surface area contributed by atoms with E-state index in [0.29, 0.717) is 0 Å². The fourth-order valence-corrected chi connectivity index (χ4v) is 2.43. The van der Waals surface area contributed by atoms with Gasteiger partial charge in [0, 0.05) is 39.1 Å². The third kappa shape index (κ3) is 7.28. The van der Waals surface area contributed by atoms with Gasteiger partial charge in [0.25, 0.3) is 0 Å². The molecule has 0 saturated heterocycles. The molecule has 0 aliphatic heterocycles. The van der Waals surface area contributed by atoms with E-state index in [-0.39, 0.29) is 6.10 Å². The number of aliphatic imine (C=N–C) groups is 1. The molecule has 0 unspecified atom stereocenters. The Bertz CT molecular complexity index is 620. The van der Waals surface area contributed by atoms with Gasteiger partial charge in [-0.05, 0) is 50.5 Å². The zero-order valence-corrected chi connectivity index (χ0v) is 15.4. The summed E-state index contributed by atoms with van der Waals surface area (Å²) in [6.07, 6.45) is 5.92. The summed E-state index contributed by atoms with van der Waals surface area (Å²) in [5, 5.41) is 10.9. The lowest BCUT2D eigenvalue weighted by atomic mass is 10.1. The monoisotopic (exact) mass is 343 g/mol. The second kappa shape index (κ2) is 10.4. The lowest BCUT2D eigenvalue weighted by molar-refractivity contribution is 0.242. The van der Waals surface area contributed by atoms with Crippen LogP contribution in [0.1, 0.15) is 25.8 Å². The van der Waals surface area contributed by atoms with Crippen LogP contribution in [-0.2, 0) is 13.0 Å². The molecule has 1 aromatic heterocycles. The Labute approximate surface area is 150 Å². The van der Waals surface area contributed by atoms with Crippen molar-refractivity contribution in [2.45, 2.75) is 39.3 Å². The highest BCUT2D eigenvalue weighted by Gasteiger charge is 2.00. The van der Waals surface area contributed by atoms with Crippen molar-refractivity contribution in [3.8, 4) is 5.75 Å². The van der Waals surface area contributed by atoms with Crippen LogP contribution in [0.25, 0.3) is 0 Å². The van der Waals surface area contributed by atoms with Gasteiger partial charge in [0.1, 0.15) is 5.75 Å². The van der Waals surface area contributed by atoms with Crippen molar-refractivity contribution in [2.75, 3.05) is 20.1 Å². The van der Waals surface area contributed by atoms with E-state index in [1.54, 1.807) is 13.2 Å². The van der Waals surface area contributed by atoms with E-state index in [4.69, 9.17) is 4.74 Å². The Morgan fingerprint density at radius 1 is 1.20 bits per heavy atom. The molecule has 0 aliphatic rings. The Morgan fingerprint density at radius 3 is 2.60 bits per heavy atom. The first-order chi connectivity index (χ1) is 12.2. The number of nitrogens with zero attached hydrogens (tertiary/aromatic N) is 3. The minimum absolute atomic E-state index is 0.204. The number of benzene rings is 1. The van der Waals surface area contributed by atoms with Crippen LogP contribution in [0.4, 0.5) is 0 Å². The molecule has 1 heterocycles. The lowest BCUT2D eigenvalue weighted by Gasteiger charge is -2.12. The minimum atomic E-state index is 0.204. The molecule has 0 atom stereocenters. The number of hydrogen-bond donors (Lipinski definition) is 2. The molecule has 2 N–H and O–H groups in total. The van der Waals surface area contributed by atoms with Crippen LogP contribution in [0.3, 0.4) is 0 Å². The second-order valence-corrected chi connectivity index (χ2v) is 6.11. The third-order valence-corrected chi connectivity index (χ3v) is 3.64. The summed E-state index contributed by atoms with van der Waals surface area (Å²) in [5.74, 6) is 1.75. The van der Waals surface area contributed by atoms with E-state index in [2.05, 4.69) is 32.9 Å². The van der Waals surface area contributed by atoms with Gasteiger partial charge < -0.3 is 15.4 Å². The molecular weight excluding hydrogens is 314 g/mol. The van der Waals surface area contributed by atoms with Gasteiger partial charge in [-0.15, -0.1) is 0 Å². The van der Waals surface area contributed by atoms with Gasteiger partial charge in [-0.25, -0.2) is 0 Å². The van der Waals surface area contributed by atoms with Crippen molar-refractivity contribution in [2.24, 2.45) is 4.99 Å². The van der Waals surface area contributed by atoms with Crippen LogP contribution in [0.15, 0.2) is 47.7 Å². The van der Waals surface area contributed by atoms with Gasteiger partial charge in [-0.3, -0.25) is 9.67 Å². The summed E-state index contributed by atoms with van der Waals surface area (Å²) >= 11 is 0. The van der Waals surface area contributed by atoms with Crippen molar-refractivity contribution in [3.63, 3.8) is 0 Å². The van der Waals surface area contributed by atoms with Crippen LogP contribution in [-0.4, -0.2) is 42.0 Å².